The number of hydrogen-bond donors (Lipinski definition) is 0. The molecule has 0 radical (unpaired) electrons. The van der Waals surface area contributed by atoms with Crippen molar-refractivity contribution in [3.05, 3.63) is 198 Å². The number of para-hydroxylation sites is 2. The largest absolute Gasteiger partial charge is 0.334 e. The minimum absolute atomic E-state index is 0.0566. The molecule has 0 N–H and O–H groups in total. The van der Waals surface area contributed by atoms with E-state index in [2.05, 4.69) is 199 Å². The maximum absolute atomic E-state index is 2.65. The van der Waals surface area contributed by atoms with E-state index in [-0.39, 0.29) is 11.5 Å². The molecule has 11 rings (SSSR count). The van der Waals surface area contributed by atoms with E-state index >= 15 is 0 Å². The predicted octanol–water partition coefficient (Wildman–Crippen LogP) is 13.1. The topological polar surface area (TPSA) is 8.17 Å². The summed E-state index contributed by atoms with van der Waals surface area (Å²) in [5, 5.41) is 2.62. The Morgan fingerprint density at radius 1 is 0.528 bits per heavy atom. The molecule has 53 heavy (non-hydrogen) atoms. The number of benzene rings is 7. The van der Waals surface area contributed by atoms with Gasteiger partial charge in [0, 0.05) is 45.1 Å². The van der Waals surface area contributed by atoms with Gasteiger partial charge in [0.25, 0.3) is 0 Å². The average Bonchev–Trinajstić information content (AvgIpc) is 3.80. The van der Waals surface area contributed by atoms with Gasteiger partial charge in [-0.25, -0.2) is 0 Å². The van der Waals surface area contributed by atoms with Crippen LogP contribution in [0.4, 0.5) is 11.4 Å². The molecule has 0 spiro atoms. The standard InChI is InChI=1S/C51H40N2/c1-51(2)45-22-11-9-20-39(45)41-31-44-43-30-36(35-24-26-48-42(29-35)40-21-10-12-23-47(40)52(48)37-17-7-4-8-18-37)25-27-49(43)53(50(44)32-46(41)51)38-19-13-16-34(28-38)33-14-5-3-6-15-33/h3-29,31-32,36,43,49H,30H2,1-2H3. The fraction of sp³-hybridized carbons (Fsp3) is 0.137. The van der Waals surface area contributed by atoms with Crippen molar-refractivity contribution < 1.29 is 0 Å². The first kappa shape index (κ1) is 30.5. The monoisotopic (exact) mass is 680 g/mol. The first-order chi connectivity index (χ1) is 26.0. The molecule has 8 aromatic rings. The number of rotatable bonds is 4. The number of nitrogens with zero attached hydrogens (tertiary/aromatic N) is 2. The maximum Gasteiger partial charge on any atom is 0.0592 e. The minimum atomic E-state index is -0.0566. The lowest BCUT2D eigenvalue weighted by Crippen LogP contribution is -2.31. The second-order valence-corrected chi connectivity index (χ2v) is 15.7. The summed E-state index contributed by atoms with van der Waals surface area (Å²) < 4.78 is 2.41. The van der Waals surface area contributed by atoms with Crippen LogP contribution in [0.25, 0.3) is 49.7 Å². The number of hydrogen-bond acceptors (Lipinski definition) is 1. The average molecular weight is 681 g/mol. The molecule has 2 nitrogen and oxygen atoms in total. The molecule has 3 unspecified atom stereocenters. The molecule has 2 heterocycles. The van der Waals surface area contributed by atoms with Crippen molar-refractivity contribution in [1.82, 2.24) is 4.57 Å². The summed E-state index contributed by atoms with van der Waals surface area (Å²) in [5.74, 6) is 0.683. The van der Waals surface area contributed by atoms with Crippen LogP contribution < -0.4 is 4.90 Å². The van der Waals surface area contributed by atoms with Crippen LogP contribution in [0.5, 0.6) is 0 Å². The first-order valence-corrected chi connectivity index (χ1v) is 19.0. The van der Waals surface area contributed by atoms with Gasteiger partial charge in [0.15, 0.2) is 0 Å². The molecular weight excluding hydrogens is 641 g/mol. The Morgan fingerprint density at radius 3 is 2.11 bits per heavy atom. The second kappa shape index (κ2) is 11.4. The second-order valence-electron chi connectivity index (χ2n) is 15.7. The molecule has 1 aromatic heterocycles. The predicted molar refractivity (Wildman–Crippen MR) is 222 cm³/mol. The Balaban J connectivity index is 1.06. The van der Waals surface area contributed by atoms with E-state index in [1.807, 2.05) is 0 Å². The highest BCUT2D eigenvalue weighted by molar-refractivity contribution is 6.09. The van der Waals surface area contributed by atoms with E-state index in [1.54, 1.807) is 0 Å². The van der Waals surface area contributed by atoms with Crippen LogP contribution in [-0.4, -0.2) is 10.6 Å². The van der Waals surface area contributed by atoms with Crippen molar-refractivity contribution in [2.24, 2.45) is 0 Å². The Kier molecular flexibility index (Phi) is 6.58. The Bertz CT molecular complexity index is 2750. The van der Waals surface area contributed by atoms with Crippen LogP contribution >= 0.6 is 0 Å². The molecule has 3 atom stereocenters. The molecule has 2 heteroatoms. The van der Waals surface area contributed by atoms with E-state index in [9.17, 15) is 0 Å². The van der Waals surface area contributed by atoms with Crippen molar-refractivity contribution in [3.63, 3.8) is 0 Å². The summed E-state index contributed by atoms with van der Waals surface area (Å²) in [6.07, 6.45) is 6.09. The summed E-state index contributed by atoms with van der Waals surface area (Å²) in [6.45, 7) is 4.79. The molecule has 1 aliphatic heterocycles. The van der Waals surface area contributed by atoms with Crippen molar-refractivity contribution >= 4 is 33.2 Å². The van der Waals surface area contributed by atoms with E-state index in [1.165, 1.54) is 83.4 Å². The third-order valence-corrected chi connectivity index (χ3v) is 12.5. The van der Waals surface area contributed by atoms with E-state index in [0.29, 0.717) is 11.8 Å². The third kappa shape index (κ3) is 4.51. The summed E-state index contributed by atoms with van der Waals surface area (Å²) in [5.41, 5.74) is 17.3. The molecule has 3 aliphatic rings. The number of allylic oxidation sites excluding steroid dienone is 1. The lowest BCUT2D eigenvalue weighted by atomic mass is 9.77. The van der Waals surface area contributed by atoms with Crippen molar-refractivity contribution in [3.8, 4) is 27.9 Å². The van der Waals surface area contributed by atoms with Crippen molar-refractivity contribution in [2.45, 2.75) is 43.6 Å². The third-order valence-electron chi connectivity index (χ3n) is 12.5. The van der Waals surface area contributed by atoms with Gasteiger partial charge in [-0.15, -0.1) is 0 Å². The molecule has 0 saturated carbocycles. The summed E-state index contributed by atoms with van der Waals surface area (Å²) >= 11 is 0. The molecule has 0 saturated heterocycles. The van der Waals surface area contributed by atoms with Gasteiger partial charge >= 0.3 is 0 Å². The quantitative estimate of drug-likeness (QED) is 0.168. The molecule has 254 valence electrons. The first-order valence-electron chi connectivity index (χ1n) is 19.0. The van der Waals surface area contributed by atoms with Crippen LogP contribution in [0.3, 0.4) is 0 Å². The van der Waals surface area contributed by atoms with Crippen LogP contribution in [0.15, 0.2) is 176 Å². The summed E-state index contributed by atoms with van der Waals surface area (Å²) in [7, 11) is 0. The van der Waals surface area contributed by atoms with Gasteiger partial charge in [0.05, 0.1) is 17.1 Å². The van der Waals surface area contributed by atoms with Crippen LogP contribution in [0.2, 0.25) is 0 Å². The number of anilines is 2. The van der Waals surface area contributed by atoms with E-state index < -0.39 is 0 Å². The highest BCUT2D eigenvalue weighted by Crippen LogP contribution is 2.57. The lowest BCUT2D eigenvalue weighted by Gasteiger charge is -2.33. The smallest absolute Gasteiger partial charge is 0.0592 e. The number of aromatic nitrogens is 1. The van der Waals surface area contributed by atoms with Gasteiger partial charge in [-0.05, 0) is 106 Å². The SMILES string of the molecule is CC1(C)c2ccccc2-c2cc3c(cc21)N(c1cccc(-c2ccccc2)c1)C1C=CC(c2ccc4c(c2)c2ccccc2n4-c2ccccc2)CC31. The summed E-state index contributed by atoms with van der Waals surface area (Å²) in [4.78, 5) is 2.65. The van der Waals surface area contributed by atoms with Crippen molar-refractivity contribution in [2.75, 3.05) is 4.90 Å². The van der Waals surface area contributed by atoms with Gasteiger partial charge in [-0.3, -0.25) is 0 Å². The Hall–Kier alpha value is -6.12. The van der Waals surface area contributed by atoms with Crippen LogP contribution in [0, 0.1) is 0 Å². The maximum atomic E-state index is 2.65. The fourth-order valence-electron chi connectivity index (χ4n) is 9.97. The van der Waals surface area contributed by atoms with Gasteiger partial charge in [0.2, 0.25) is 0 Å². The number of fused-ring (bicyclic) bond motifs is 9. The van der Waals surface area contributed by atoms with Gasteiger partial charge in [0.1, 0.15) is 0 Å². The van der Waals surface area contributed by atoms with Crippen LogP contribution in [0.1, 0.15) is 54.4 Å². The summed E-state index contributed by atoms with van der Waals surface area (Å²) in [6, 6.07) is 61.2. The Morgan fingerprint density at radius 2 is 1.25 bits per heavy atom. The molecule has 2 aliphatic carbocycles. The zero-order valence-corrected chi connectivity index (χ0v) is 30.1. The zero-order chi connectivity index (χ0) is 35.3. The minimum Gasteiger partial charge on any atom is -0.334 e. The fourth-order valence-corrected chi connectivity index (χ4v) is 9.97. The van der Waals surface area contributed by atoms with Gasteiger partial charge < -0.3 is 9.47 Å². The van der Waals surface area contributed by atoms with Gasteiger partial charge in [-0.2, -0.15) is 0 Å². The van der Waals surface area contributed by atoms with Crippen molar-refractivity contribution in [1.29, 1.82) is 0 Å². The van der Waals surface area contributed by atoms with Gasteiger partial charge in [-0.1, -0.05) is 135 Å². The zero-order valence-electron chi connectivity index (χ0n) is 30.1. The highest BCUT2D eigenvalue weighted by atomic mass is 15.2. The molecule has 0 fully saturated rings. The molecule has 0 bridgehead atoms. The van der Waals surface area contributed by atoms with Crippen LogP contribution in [-0.2, 0) is 5.41 Å². The molecular formula is C51H40N2. The molecule has 0 amide bonds. The molecule has 7 aromatic carbocycles. The van der Waals surface area contributed by atoms with E-state index in [4.69, 9.17) is 0 Å². The highest BCUT2D eigenvalue weighted by Gasteiger charge is 2.44. The normalized spacial score (nSPS) is 19.3. The Labute approximate surface area is 311 Å². The van der Waals surface area contributed by atoms with E-state index in [0.717, 1.165) is 6.42 Å². The lowest BCUT2D eigenvalue weighted by molar-refractivity contribution is 0.533.